The predicted octanol–water partition coefficient (Wildman–Crippen LogP) is 5.21. The van der Waals surface area contributed by atoms with Crippen LogP contribution in [0.2, 0.25) is 0 Å². The molecular weight excluding hydrogens is 404 g/mol. The number of ether oxygens (including phenoxy) is 3. The molecule has 5 nitrogen and oxygen atoms in total. The zero-order valence-electron chi connectivity index (χ0n) is 17.8. The molecule has 0 saturated carbocycles. The molecule has 0 fully saturated rings. The Morgan fingerprint density at radius 2 is 1.62 bits per heavy atom. The molecule has 0 amide bonds. The molecule has 0 spiro atoms. The van der Waals surface area contributed by atoms with E-state index in [2.05, 4.69) is 6.58 Å². The molecule has 2 aromatic carbocycles. The molecule has 0 heterocycles. The van der Waals surface area contributed by atoms with E-state index in [0.717, 1.165) is 23.6 Å². The summed E-state index contributed by atoms with van der Waals surface area (Å²) in [5.74, 6) is -0.358. The van der Waals surface area contributed by atoms with Gasteiger partial charge in [0.05, 0.1) is 18.3 Å². The summed E-state index contributed by atoms with van der Waals surface area (Å²) in [6.45, 7) is 4.20. The second kappa shape index (κ2) is 12.2. The third kappa shape index (κ3) is 7.22. The average molecular weight is 431 g/mol. The molecular formula is C27H26O5. The summed E-state index contributed by atoms with van der Waals surface area (Å²) in [6, 6.07) is 17.4. The highest BCUT2D eigenvalue weighted by atomic mass is 16.5. The van der Waals surface area contributed by atoms with Crippen LogP contribution in [0, 0.1) is 0 Å². The van der Waals surface area contributed by atoms with Crippen LogP contribution in [0.4, 0.5) is 0 Å². The van der Waals surface area contributed by atoms with Gasteiger partial charge in [-0.3, -0.25) is 0 Å². The van der Waals surface area contributed by atoms with Crippen LogP contribution >= 0.6 is 0 Å². The maximum atomic E-state index is 12.5. The van der Waals surface area contributed by atoms with Gasteiger partial charge in [0.15, 0.2) is 0 Å². The van der Waals surface area contributed by atoms with Crippen LogP contribution in [0.5, 0.6) is 5.75 Å². The Balaban J connectivity index is 1.44. The lowest BCUT2D eigenvalue weighted by atomic mass is 10.1. The van der Waals surface area contributed by atoms with E-state index < -0.39 is 11.9 Å². The van der Waals surface area contributed by atoms with Gasteiger partial charge in [-0.1, -0.05) is 67.3 Å². The molecule has 0 bridgehead atoms. The number of unbranched alkanes of at least 4 members (excludes halogenated alkanes) is 1. The van der Waals surface area contributed by atoms with Crippen molar-refractivity contribution < 1.29 is 23.8 Å². The predicted molar refractivity (Wildman–Crippen MR) is 124 cm³/mol. The Kier molecular flexibility index (Phi) is 8.78. The maximum absolute atomic E-state index is 12.5. The average Bonchev–Trinajstić information content (AvgIpc) is 3.08. The molecule has 0 aromatic heterocycles. The van der Waals surface area contributed by atoms with Crippen LogP contribution in [-0.2, 0) is 19.1 Å². The zero-order valence-corrected chi connectivity index (χ0v) is 17.8. The number of carbonyl (C=O) groups excluding carboxylic acids is 2. The fourth-order valence-electron chi connectivity index (χ4n) is 3.00. The Bertz CT molecular complexity index is 1000. The van der Waals surface area contributed by atoms with E-state index in [0.29, 0.717) is 31.0 Å². The molecule has 0 saturated heterocycles. The molecule has 0 radical (unpaired) electrons. The monoisotopic (exact) mass is 430 g/mol. The number of hydrogen-bond donors (Lipinski definition) is 0. The minimum absolute atomic E-state index is 0.238. The van der Waals surface area contributed by atoms with Crippen LogP contribution in [-0.4, -0.2) is 31.3 Å². The fraction of sp³-hybridized carbons (Fsp3) is 0.185. The number of esters is 2. The van der Waals surface area contributed by atoms with Crippen LogP contribution in [0.1, 0.15) is 12.8 Å². The lowest BCUT2D eigenvalue weighted by Crippen LogP contribution is -2.11. The Hall–Kier alpha value is -3.70. The number of allylic oxidation sites excluding steroid dienone is 2. The minimum atomic E-state index is -0.428. The van der Waals surface area contributed by atoms with E-state index in [-0.39, 0.29) is 6.10 Å². The Labute approximate surface area is 188 Å². The van der Waals surface area contributed by atoms with Gasteiger partial charge in [0.25, 0.3) is 0 Å². The number of benzene rings is 2. The summed E-state index contributed by atoms with van der Waals surface area (Å²) >= 11 is 0. The van der Waals surface area contributed by atoms with Gasteiger partial charge in [-0.15, -0.1) is 0 Å². The van der Waals surface area contributed by atoms with Crippen molar-refractivity contribution in [2.75, 3.05) is 13.2 Å². The molecule has 0 N–H and O–H groups in total. The molecule has 0 aliphatic heterocycles. The van der Waals surface area contributed by atoms with Crippen molar-refractivity contribution in [2.24, 2.45) is 0 Å². The SMILES string of the molecule is C=CC(=O)OCCCCOC1C=CC=C(C(=O)Oc2ccc(-c3ccccc3)cc2)C=C1. The van der Waals surface area contributed by atoms with Gasteiger partial charge in [0, 0.05) is 12.7 Å². The molecule has 2 aromatic rings. The highest BCUT2D eigenvalue weighted by molar-refractivity contribution is 5.93. The van der Waals surface area contributed by atoms with Gasteiger partial charge in [0.2, 0.25) is 0 Å². The first-order chi connectivity index (χ1) is 15.7. The first-order valence-corrected chi connectivity index (χ1v) is 10.5. The minimum Gasteiger partial charge on any atom is -0.463 e. The molecule has 3 rings (SSSR count). The van der Waals surface area contributed by atoms with E-state index in [1.54, 1.807) is 30.4 Å². The molecule has 1 aliphatic rings. The normalized spacial score (nSPS) is 14.9. The number of carbonyl (C=O) groups is 2. The zero-order chi connectivity index (χ0) is 22.6. The van der Waals surface area contributed by atoms with Crippen LogP contribution < -0.4 is 4.74 Å². The summed E-state index contributed by atoms with van der Waals surface area (Å²) in [5.41, 5.74) is 2.60. The maximum Gasteiger partial charge on any atom is 0.343 e. The molecule has 164 valence electrons. The Morgan fingerprint density at radius 3 is 2.38 bits per heavy atom. The van der Waals surface area contributed by atoms with Crippen LogP contribution in [0.3, 0.4) is 0 Å². The van der Waals surface area contributed by atoms with E-state index >= 15 is 0 Å². The van der Waals surface area contributed by atoms with Crippen molar-refractivity contribution in [1.82, 2.24) is 0 Å². The smallest absolute Gasteiger partial charge is 0.343 e. The van der Waals surface area contributed by atoms with Crippen molar-refractivity contribution >= 4 is 11.9 Å². The van der Waals surface area contributed by atoms with E-state index in [1.807, 2.05) is 54.6 Å². The third-order valence-electron chi connectivity index (χ3n) is 4.71. The largest absolute Gasteiger partial charge is 0.463 e. The lowest BCUT2D eigenvalue weighted by molar-refractivity contribution is -0.138. The lowest BCUT2D eigenvalue weighted by Gasteiger charge is -2.09. The number of rotatable bonds is 10. The van der Waals surface area contributed by atoms with Crippen molar-refractivity contribution in [3.63, 3.8) is 0 Å². The van der Waals surface area contributed by atoms with Crippen LogP contribution in [0.15, 0.2) is 103 Å². The molecule has 1 unspecified atom stereocenters. The van der Waals surface area contributed by atoms with Gasteiger partial charge in [-0.25, -0.2) is 9.59 Å². The van der Waals surface area contributed by atoms with Gasteiger partial charge in [-0.2, -0.15) is 0 Å². The molecule has 32 heavy (non-hydrogen) atoms. The standard InChI is InChI=1S/C27H26O5/c1-2-26(28)31-20-7-6-19-30-24-12-8-11-23(15-16-24)27(29)32-25-17-13-22(14-18-25)21-9-4-3-5-10-21/h2-5,8-18,24H,1,6-7,19-20H2. The summed E-state index contributed by atoms with van der Waals surface area (Å²) in [6.07, 6.45) is 11.2. The Morgan fingerprint density at radius 1 is 0.906 bits per heavy atom. The van der Waals surface area contributed by atoms with Crippen LogP contribution in [0.25, 0.3) is 11.1 Å². The third-order valence-corrected chi connectivity index (χ3v) is 4.71. The van der Waals surface area contributed by atoms with Gasteiger partial charge in [0.1, 0.15) is 5.75 Å². The van der Waals surface area contributed by atoms with E-state index in [4.69, 9.17) is 14.2 Å². The highest BCUT2D eigenvalue weighted by Crippen LogP contribution is 2.23. The summed E-state index contributed by atoms with van der Waals surface area (Å²) in [4.78, 5) is 23.5. The fourth-order valence-corrected chi connectivity index (χ4v) is 3.00. The van der Waals surface area contributed by atoms with E-state index in [1.165, 1.54) is 0 Å². The first kappa shape index (κ1) is 23.0. The van der Waals surface area contributed by atoms with Crippen molar-refractivity contribution in [1.29, 1.82) is 0 Å². The van der Waals surface area contributed by atoms with Crippen molar-refractivity contribution in [3.05, 3.63) is 103 Å². The summed E-state index contributed by atoms with van der Waals surface area (Å²) < 4.78 is 16.2. The molecule has 5 heteroatoms. The first-order valence-electron chi connectivity index (χ1n) is 10.5. The summed E-state index contributed by atoms with van der Waals surface area (Å²) in [5, 5.41) is 0. The van der Waals surface area contributed by atoms with Gasteiger partial charge >= 0.3 is 11.9 Å². The highest BCUT2D eigenvalue weighted by Gasteiger charge is 2.12. The second-order valence-corrected chi connectivity index (χ2v) is 7.06. The molecule has 1 atom stereocenters. The van der Waals surface area contributed by atoms with Crippen molar-refractivity contribution in [3.8, 4) is 16.9 Å². The number of hydrogen-bond acceptors (Lipinski definition) is 5. The second-order valence-electron chi connectivity index (χ2n) is 7.06. The van der Waals surface area contributed by atoms with E-state index in [9.17, 15) is 9.59 Å². The molecule has 1 aliphatic carbocycles. The van der Waals surface area contributed by atoms with Gasteiger partial charge < -0.3 is 14.2 Å². The van der Waals surface area contributed by atoms with Gasteiger partial charge in [-0.05, 0) is 48.3 Å². The topological polar surface area (TPSA) is 61.8 Å². The van der Waals surface area contributed by atoms with Crippen molar-refractivity contribution in [2.45, 2.75) is 18.9 Å². The quantitative estimate of drug-likeness (QED) is 0.224. The summed E-state index contributed by atoms with van der Waals surface area (Å²) in [7, 11) is 0.